The predicted octanol–water partition coefficient (Wildman–Crippen LogP) is 4.48. The van der Waals surface area contributed by atoms with Crippen molar-refractivity contribution >= 4 is 40.9 Å². The lowest BCUT2D eigenvalue weighted by Gasteiger charge is -2.17. The highest BCUT2D eigenvalue weighted by Gasteiger charge is 2.23. The second kappa shape index (κ2) is 8.43. The van der Waals surface area contributed by atoms with Gasteiger partial charge in [-0.25, -0.2) is 0 Å². The highest BCUT2D eigenvalue weighted by Crippen LogP contribution is 2.33. The van der Waals surface area contributed by atoms with E-state index in [1.165, 1.54) is 11.8 Å². The van der Waals surface area contributed by atoms with Crippen molar-refractivity contribution in [2.45, 2.75) is 37.7 Å². The highest BCUT2D eigenvalue weighted by molar-refractivity contribution is 8.00. The Hall–Kier alpha value is -1.24. The summed E-state index contributed by atoms with van der Waals surface area (Å²) in [5.41, 5.74) is 0.776. The van der Waals surface area contributed by atoms with Gasteiger partial charge in [-0.15, -0.1) is 10.2 Å². The van der Waals surface area contributed by atoms with Crippen molar-refractivity contribution in [3.05, 3.63) is 28.2 Å². The smallest absolute Gasteiger partial charge is 0.235 e. The van der Waals surface area contributed by atoms with Gasteiger partial charge in [-0.2, -0.15) is 0 Å². The summed E-state index contributed by atoms with van der Waals surface area (Å²) in [6, 6.07) is 5.31. The fraction of sp³-hybridized carbons (Fsp3) is 0.471. The van der Waals surface area contributed by atoms with Crippen LogP contribution in [0.15, 0.2) is 23.4 Å². The Morgan fingerprint density at radius 3 is 2.48 bits per heavy atom. The van der Waals surface area contributed by atoms with Crippen molar-refractivity contribution in [1.29, 1.82) is 0 Å². The second-order valence-corrected chi connectivity index (χ2v) is 8.58. The van der Waals surface area contributed by atoms with Crippen molar-refractivity contribution < 1.29 is 4.79 Å². The lowest BCUT2D eigenvalue weighted by Crippen LogP contribution is -2.30. The summed E-state index contributed by atoms with van der Waals surface area (Å²) in [6.07, 6.45) is 0. The molecular weight excluding hydrogens is 379 g/mol. The summed E-state index contributed by atoms with van der Waals surface area (Å²) in [7, 11) is 3.49. The van der Waals surface area contributed by atoms with Crippen LogP contribution in [0.2, 0.25) is 10.0 Å². The Balaban J connectivity index is 2.42. The van der Waals surface area contributed by atoms with Crippen molar-refractivity contribution in [2.24, 2.45) is 5.92 Å². The molecule has 0 bridgehead atoms. The van der Waals surface area contributed by atoms with Crippen LogP contribution in [-0.4, -0.2) is 44.9 Å². The molecular formula is C17H22Cl2N4OS. The summed E-state index contributed by atoms with van der Waals surface area (Å²) in [6.45, 7) is 6.84. The zero-order valence-electron chi connectivity index (χ0n) is 15.0. The van der Waals surface area contributed by atoms with Gasteiger partial charge >= 0.3 is 0 Å². The van der Waals surface area contributed by atoms with E-state index in [4.69, 9.17) is 23.2 Å². The van der Waals surface area contributed by atoms with Crippen molar-refractivity contribution in [1.82, 2.24) is 19.7 Å². The molecule has 1 heterocycles. The minimum Gasteiger partial charge on any atom is -0.348 e. The fourth-order valence-corrected chi connectivity index (χ4v) is 3.84. The monoisotopic (exact) mass is 400 g/mol. The zero-order valence-corrected chi connectivity index (χ0v) is 17.3. The van der Waals surface area contributed by atoms with Crippen LogP contribution in [0.5, 0.6) is 0 Å². The molecule has 0 spiro atoms. The molecule has 0 radical (unpaired) electrons. The SMILES string of the molecule is CC(C)Cn1c(S[C@H](C)C(=O)N(C)C)nnc1-c1ccc(Cl)cc1Cl. The van der Waals surface area contributed by atoms with Gasteiger partial charge in [0.2, 0.25) is 5.91 Å². The number of aromatic nitrogens is 3. The number of carbonyl (C=O) groups excluding carboxylic acids is 1. The summed E-state index contributed by atoms with van der Waals surface area (Å²) in [5.74, 6) is 1.11. The number of hydrogen-bond donors (Lipinski definition) is 0. The van der Waals surface area contributed by atoms with E-state index in [9.17, 15) is 4.79 Å². The largest absolute Gasteiger partial charge is 0.348 e. The molecule has 25 heavy (non-hydrogen) atoms. The molecule has 2 aromatic rings. The predicted molar refractivity (Wildman–Crippen MR) is 104 cm³/mol. The number of rotatable bonds is 6. The van der Waals surface area contributed by atoms with E-state index in [0.29, 0.717) is 26.9 Å². The van der Waals surface area contributed by atoms with Gasteiger partial charge in [-0.05, 0) is 31.0 Å². The van der Waals surface area contributed by atoms with Gasteiger partial charge in [0.25, 0.3) is 0 Å². The maximum Gasteiger partial charge on any atom is 0.235 e. The summed E-state index contributed by atoms with van der Waals surface area (Å²) < 4.78 is 2.02. The standard InChI is InChI=1S/C17H22Cl2N4OS/c1-10(2)9-23-15(13-7-6-12(18)8-14(13)19)20-21-17(23)25-11(3)16(24)22(4)5/h6-8,10-11H,9H2,1-5H3/t11-/m1/s1. The lowest BCUT2D eigenvalue weighted by atomic mass is 10.2. The molecule has 0 saturated carbocycles. The molecule has 136 valence electrons. The third kappa shape index (κ3) is 4.90. The maximum atomic E-state index is 12.2. The van der Waals surface area contributed by atoms with Crippen LogP contribution >= 0.6 is 35.0 Å². The van der Waals surface area contributed by atoms with Crippen molar-refractivity contribution in [3.8, 4) is 11.4 Å². The van der Waals surface area contributed by atoms with Crippen LogP contribution in [-0.2, 0) is 11.3 Å². The molecule has 1 atom stereocenters. The van der Waals surface area contributed by atoms with Crippen LogP contribution < -0.4 is 0 Å². The minimum atomic E-state index is -0.251. The molecule has 8 heteroatoms. The number of amides is 1. The van der Waals surface area contributed by atoms with E-state index in [1.54, 1.807) is 31.1 Å². The summed E-state index contributed by atoms with van der Waals surface area (Å²) >= 11 is 13.7. The second-order valence-electron chi connectivity index (χ2n) is 6.43. The molecule has 1 amide bonds. The first-order chi connectivity index (χ1) is 11.7. The van der Waals surface area contributed by atoms with Crippen LogP contribution in [0, 0.1) is 5.92 Å². The van der Waals surface area contributed by atoms with Gasteiger partial charge in [0.1, 0.15) is 0 Å². The first-order valence-corrected chi connectivity index (χ1v) is 9.60. The third-order valence-corrected chi connectivity index (χ3v) is 5.12. The topological polar surface area (TPSA) is 51.0 Å². The lowest BCUT2D eigenvalue weighted by molar-refractivity contribution is -0.127. The number of hydrogen-bond acceptors (Lipinski definition) is 4. The van der Waals surface area contributed by atoms with Gasteiger partial charge in [-0.1, -0.05) is 48.8 Å². The molecule has 2 rings (SSSR count). The maximum absolute atomic E-state index is 12.2. The third-order valence-electron chi connectivity index (χ3n) is 3.51. The van der Waals surface area contributed by atoms with Gasteiger partial charge in [0, 0.05) is 31.2 Å². The number of benzene rings is 1. The molecule has 0 aliphatic heterocycles. The van der Waals surface area contributed by atoms with Crippen molar-refractivity contribution in [3.63, 3.8) is 0 Å². The van der Waals surface area contributed by atoms with E-state index < -0.39 is 0 Å². The molecule has 0 fully saturated rings. The van der Waals surface area contributed by atoms with Crippen LogP contribution in [0.4, 0.5) is 0 Å². The average Bonchev–Trinajstić information content (AvgIpc) is 2.88. The van der Waals surface area contributed by atoms with E-state index >= 15 is 0 Å². The Labute approximate surface area is 162 Å². The van der Waals surface area contributed by atoms with E-state index in [1.807, 2.05) is 17.6 Å². The van der Waals surface area contributed by atoms with Crippen LogP contribution in [0.1, 0.15) is 20.8 Å². The van der Waals surface area contributed by atoms with Gasteiger partial charge in [0.05, 0.1) is 10.3 Å². The zero-order chi connectivity index (χ0) is 18.7. The fourth-order valence-electron chi connectivity index (χ4n) is 2.35. The molecule has 0 unspecified atom stereocenters. The Morgan fingerprint density at radius 2 is 1.92 bits per heavy atom. The van der Waals surface area contributed by atoms with E-state index in [2.05, 4.69) is 24.0 Å². The first kappa shape index (κ1) is 20.1. The summed E-state index contributed by atoms with van der Waals surface area (Å²) in [4.78, 5) is 13.7. The van der Waals surface area contributed by atoms with Crippen LogP contribution in [0.3, 0.4) is 0 Å². The highest BCUT2D eigenvalue weighted by atomic mass is 35.5. The average molecular weight is 401 g/mol. The quantitative estimate of drug-likeness (QED) is 0.670. The Morgan fingerprint density at radius 1 is 1.24 bits per heavy atom. The van der Waals surface area contributed by atoms with Gasteiger partial charge < -0.3 is 9.47 Å². The molecule has 0 saturated heterocycles. The Kier molecular flexibility index (Phi) is 6.77. The van der Waals surface area contributed by atoms with Crippen LogP contribution in [0.25, 0.3) is 11.4 Å². The molecule has 5 nitrogen and oxygen atoms in total. The molecule has 0 aliphatic rings. The van der Waals surface area contributed by atoms with Crippen molar-refractivity contribution in [2.75, 3.05) is 14.1 Å². The molecule has 1 aromatic carbocycles. The minimum absolute atomic E-state index is 0.0372. The van der Waals surface area contributed by atoms with E-state index in [0.717, 1.165) is 12.1 Å². The normalized spacial score (nSPS) is 12.5. The number of halogens is 2. The van der Waals surface area contributed by atoms with Gasteiger partial charge in [0.15, 0.2) is 11.0 Å². The molecule has 0 N–H and O–H groups in total. The number of nitrogens with zero attached hydrogens (tertiary/aromatic N) is 4. The molecule has 1 aromatic heterocycles. The Bertz CT molecular complexity index is 761. The van der Waals surface area contributed by atoms with Gasteiger partial charge in [-0.3, -0.25) is 4.79 Å². The number of carbonyl (C=O) groups is 1. The van der Waals surface area contributed by atoms with E-state index in [-0.39, 0.29) is 11.2 Å². The first-order valence-electron chi connectivity index (χ1n) is 7.97. The number of thioether (sulfide) groups is 1. The summed E-state index contributed by atoms with van der Waals surface area (Å²) in [5, 5.41) is 10.2. The molecule has 0 aliphatic carbocycles.